The fourth-order valence-corrected chi connectivity index (χ4v) is 4.67. The van der Waals surface area contributed by atoms with E-state index in [-0.39, 0.29) is 17.2 Å². The average Bonchev–Trinajstić information content (AvgIpc) is 2.75. The third kappa shape index (κ3) is 5.24. The third-order valence-corrected chi connectivity index (χ3v) is 6.36. The van der Waals surface area contributed by atoms with Crippen molar-refractivity contribution in [3.05, 3.63) is 48.0 Å². The van der Waals surface area contributed by atoms with E-state index in [0.717, 1.165) is 77.9 Å². The molecule has 1 fully saturated rings. The number of nitrogens with zero attached hydrogens (tertiary/aromatic N) is 1. The van der Waals surface area contributed by atoms with Crippen molar-refractivity contribution in [2.75, 3.05) is 39.4 Å². The first kappa shape index (κ1) is 21.1. The molecule has 2 atom stereocenters. The lowest BCUT2D eigenvalue weighted by molar-refractivity contribution is -0.133. The van der Waals surface area contributed by atoms with Crippen molar-refractivity contribution in [3.63, 3.8) is 0 Å². The number of nitrogens with one attached hydrogen (secondary N) is 1. The lowest BCUT2D eigenvalue weighted by Gasteiger charge is -2.42. The molecule has 0 radical (unpaired) electrons. The van der Waals surface area contributed by atoms with Crippen LogP contribution in [0.3, 0.4) is 0 Å². The van der Waals surface area contributed by atoms with Gasteiger partial charge in [-0.2, -0.15) is 0 Å². The van der Waals surface area contributed by atoms with Gasteiger partial charge in [0.25, 0.3) is 0 Å². The predicted molar refractivity (Wildman–Crippen MR) is 114 cm³/mol. The van der Waals surface area contributed by atoms with Crippen molar-refractivity contribution in [1.82, 2.24) is 10.2 Å². The number of unbranched alkanes of at least 4 members (excludes halogenated alkanes) is 1. The van der Waals surface area contributed by atoms with E-state index in [2.05, 4.69) is 59.6 Å². The molecule has 1 N–H and O–H groups in total. The summed E-state index contributed by atoms with van der Waals surface area (Å²) < 4.78 is 5.47. The first-order chi connectivity index (χ1) is 13.8. The summed E-state index contributed by atoms with van der Waals surface area (Å²) in [6.45, 7) is 7.69. The number of amides is 1. The topological polar surface area (TPSA) is 41.6 Å². The Labute approximate surface area is 170 Å². The summed E-state index contributed by atoms with van der Waals surface area (Å²) in [5.74, 6) is 0.506. The first-order valence-corrected chi connectivity index (χ1v) is 11.0. The molecule has 1 aliphatic heterocycles. The summed E-state index contributed by atoms with van der Waals surface area (Å²) >= 11 is 0. The van der Waals surface area contributed by atoms with Gasteiger partial charge in [-0.15, -0.1) is 0 Å². The Morgan fingerprint density at radius 3 is 2.71 bits per heavy atom. The number of allylic oxidation sites excluding steroid dienone is 2. The Morgan fingerprint density at radius 2 is 1.96 bits per heavy atom. The monoisotopic (exact) mass is 384 g/mol. The van der Waals surface area contributed by atoms with E-state index in [1.165, 1.54) is 5.56 Å². The van der Waals surface area contributed by atoms with Crippen LogP contribution in [0, 0.1) is 5.41 Å². The highest BCUT2D eigenvalue weighted by Gasteiger charge is 2.45. The van der Waals surface area contributed by atoms with E-state index in [1.54, 1.807) is 0 Å². The van der Waals surface area contributed by atoms with Gasteiger partial charge in [0.05, 0.1) is 18.6 Å². The zero-order valence-electron chi connectivity index (χ0n) is 17.4. The van der Waals surface area contributed by atoms with Crippen LogP contribution >= 0.6 is 0 Å². The fraction of sp³-hybridized carbons (Fsp3) is 0.625. The minimum Gasteiger partial charge on any atom is -0.379 e. The zero-order chi connectivity index (χ0) is 19.7. The van der Waals surface area contributed by atoms with Crippen LogP contribution in [0.15, 0.2) is 42.5 Å². The molecule has 0 spiro atoms. The molecule has 0 aromatic heterocycles. The maximum atomic E-state index is 13.5. The molecule has 1 heterocycles. The maximum Gasteiger partial charge on any atom is 0.227 e. The van der Waals surface area contributed by atoms with Gasteiger partial charge < -0.3 is 10.1 Å². The lowest BCUT2D eigenvalue weighted by Crippen LogP contribution is -2.47. The van der Waals surface area contributed by atoms with Crippen molar-refractivity contribution >= 4 is 5.91 Å². The van der Waals surface area contributed by atoms with E-state index >= 15 is 0 Å². The highest BCUT2D eigenvalue weighted by molar-refractivity contribution is 5.84. The van der Waals surface area contributed by atoms with Gasteiger partial charge in [0.15, 0.2) is 0 Å². The molecule has 1 saturated heterocycles. The average molecular weight is 385 g/mol. The second kappa shape index (κ2) is 10.8. The molecule has 0 bridgehead atoms. The number of hydrogen-bond donors (Lipinski definition) is 1. The molecule has 28 heavy (non-hydrogen) atoms. The van der Waals surface area contributed by atoms with Crippen molar-refractivity contribution in [2.45, 2.75) is 51.4 Å². The van der Waals surface area contributed by atoms with Gasteiger partial charge in [-0.1, -0.05) is 55.8 Å². The van der Waals surface area contributed by atoms with Crippen molar-refractivity contribution in [1.29, 1.82) is 0 Å². The molecular formula is C24H36N2O2. The van der Waals surface area contributed by atoms with E-state index in [0.29, 0.717) is 0 Å². The van der Waals surface area contributed by atoms with Gasteiger partial charge >= 0.3 is 0 Å². The highest BCUT2D eigenvalue weighted by atomic mass is 16.5. The van der Waals surface area contributed by atoms with Gasteiger partial charge in [0, 0.05) is 25.6 Å². The second-order valence-corrected chi connectivity index (χ2v) is 8.20. The Bertz CT molecular complexity index is 625. The molecule has 4 heteroatoms. The molecule has 3 rings (SSSR count). The van der Waals surface area contributed by atoms with Crippen molar-refractivity contribution < 1.29 is 9.53 Å². The van der Waals surface area contributed by atoms with E-state index in [1.807, 2.05) is 0 Å². The van der Waals surface area contributed by atoms with Crippen LogP contribution in [0.25, 0.3) is 0 Å². The Balaban J connectivity index is 1.75. The van der Waals surface area contributed by atoms with E-state index in [4.69, 9.17) is 4.74 Å². The number of carbonyl (C=O) groups excluding carboxylic acids is 1. The molecule has 1 aromatic carbocycles. The minimum atomic E-state index is -0.337. The SMILES string of the molecule is CCCCNC(=O)C1(CCCN2CCOCC2)CC=CCC1c1ccccc1. The van der Waals surface area contributed by atoms with Gasteiger partial charge in [-0.25, -0.2) is 0 Å². The van der Waals surface area contributed by atoms with Gasteiger partial charge in [-0.05, 0) is 44.2 Å². The number of hydrogen-bond acceptors (Lipinski definition) is 3. The summed E-state index contributed by atoms with van der Waals surface area (Å²) in [5.41, 5.74) is 0.958. The zero-order valence-corrected chi connectivity index (χ0v) is 17.4. The second-order valence-electron chi connectivity index (χ2n) is 8.20. The van der Waals surface area contributed by atoms with Gasteiger partial charge in [0.2, 0.25) is 5.91 Å². The smallest absolute Gasteiger partial charge is 0.227 e. The quantitative estimate of drug-likeness (QED) is 0.514. The largest absolute Gasteiger partial charge is 0.379 e. The van der Waals surface area contributed by atoms with Crippen LogP contribution in [-0.4, -0.2) is 50.2 Å². The number of ether oxygens (including phenoxy) is 1. The molecule has 2 unspecified atom stereocenters. The third-order valence-electron chi connectivity index (χ3n) is 6.36. The Morgan fingerprint density at radius 1 is 1.18 bits per heavy atom. The van der Waals surface area contributed by atoms with Crippen LogP contribution in [0.2, 0.25) is 0 Å². The molecule has 2 aliphatic rings. The molecule has 4 nitrogen and oxygen atoms in total. The first-order valence-electron chi connectivity index (χ1n) is 11.0. The van der Waals surface area contributed by atoms with Crippen molar-refractivity contribution in [2.24, 2.45) is 5.41 Å². The number of rotatable bonds is 9. The molecule has 1 aliphatic carbocycles. The van der Waals surface area contributed by atoms with Gasteiger partial charge in [0.1, 0.15) is 0 Å². The number of carbonyl (C=O) groups is 1. The van der Waals surface area contributed by atoms with Crippen LogP contribution in [0.5, 0.6) is 0 Å². The predicted octanol–water partition coefficient (Wildman–Crippen LogP) is 4.14. The van der Waals surface area contributed by atoms with Crippen LogP contribution in [0.4, 0.5) is 0 Å². The standard InChI is InChI=1S/C24H36N2O2/c1-2-3-15-25-23(27)24(14-9-16-26-17-19-28-20-18-26)13-8-7-12-22(24)21-10-5-4-6-11-21/h4-8,10-11,22H,2-3,9,12-20H2,1H3,(H,25,27). The number of morpholine rings is 1. The van der Waals surface area contributed by atoms with Crippen LogP contribution < -0.4 is 5.32 Å². The molecule has 1 aromatic rings. The van der Waals surface area contributed by atoms with Crippen molar-refractivity contribution in [3.8, 4) is 0 Å². The van der Waals surface area contributed by atoms with Crippen LogP contribution in [-0.2, 0) is 9.53 Å². The van der Waals surface area contributed by atoms with Gasteiger partial charge in [-0.3, -0.25) is 9.69 Å². The highest BCUT2D eigenvalue weighted by Crippen LogP contribution is 2.48. The summed E-state index contributed by atoms with van der Waals surface area (Å²) in [7, 11) is 0. The fourth-order valence-electron chi connectivity index (χ4n) is 4.67. The molecule has 154 valence electrons. The van der Waals surface area contributed by atoms with E-state index < -0.39 is 0 Å². The summed E-state index contributed by atoms with van der Waals surface area (Å²) in [6, 6.07) is 10.6. The number of benzene rings is 1. The Hall–Kier alpha value is -1.65. The summed E-state index contributed by atoms with van der Waals surface area (Å²) in [5, 5.41) is 3.28. The normalized spacial score (nSPS) is 25.5. The molecular weight excluding hydrogens is 348 g/mol. The molecule has 0 saturated carbocycles. The lowest BCUT2D eigenvalue weighted by atomic mass is 9.63. The Kier molecular flexibility index (Phi) is 8.11. The van der Waals surface area contributed by atoms with E-state index in [9.17, 15) is 4.79 Å². The summed E-state index contributed by atoms with van der Waals surface area (Å²) in [4.78, 5) is 16.0. The van der Waals surface area contributed by atoms with Crippen LogP contribution in [0.1, 0.15) is 56.9 Å². The maximum absolute atomic E-state index is 13.5. The summed E-state index contributed by atoms with van der Waals surface area (Å²) in [6.07, 6.45) is 10.4. The molecule has 1 amide bonds. The minimum absolute atomic E-state index is 0.251.